The van der Waals surface area contributed by atoms with E-state index in [0.29, 0.717) is 0 Å². The van der Waals surface area contributed by atoms with E-state index in [1.165, 1.54) is 24.1 Å². The monoisotopic (exact) mass is 310 g/mol. The molecule has 0 amide bonds. The van der Waals surface area contributed by atoms with E-state index >= 15 is 0 Å². The van der Waals surface area contributed by atoms with Crippen LogP contribution in [0.25, 0.3) is 0 Å². The van der Waals surface area contributed by atoms with E-state index in [1.54, 1.807) is 7.11 Å². The van der Waals surface area contributed by atoms with Crippen LogP contribution < -0.4 is 10.1 Å². The molecule has 4 heteroatoms. The Kier molecular flexibility index (Phi) is 6.34. The topological polar surface area (TPSA) is 24.5 Å². The summed E-state index contributed by atoms with van der Waals surface area (Å²) in [6.45, 7) is 9.91. The van der Waals surface area contributed by atoms with Gasteiger partial charge in [-0.2, -0.15) is 0 Å². The maximum absolute atomic E-state index is 6.39. The molecule has 0 aliphatic carbocycles. The highest BCUT2D eigenvalue weighted by atomic mass is 35.5. The lowest BCUT2D eigenvalue weighted by Gasteiger charge is -2.20. The minimum Gasteiger partial charge on any atom is -0.496 e. The molecule has 1 saturated heterocycles. The summed E-state index contributed by atoms with van der Waals surface area (Å²) in [6.07, 6.45) is 3.42. The van der Waals surface area contributed by atoms with Crippen molar-refractivity contribution in [1.82, 2.24) is 10.2 Å². The van der Waals surface area contributed by atoms with Crippen LogP contribution in [-0.4, -0.2) is 44.7 Å². The van der Waals surface area contributed by atoms with Gasteiger partial charge in [0.2, 0.25) is 0 Å². The molecule has 118 valence electrons. The molecule has 3 nitrogen and oxygen atoms in total. The number of aryl methyl sites for hydroxylation is 1. The fourth-order valence-electron chi connectivity index (χ4n) is 3.06. The van der Waals surface area contributed by atoms with Crippen LogP contribution in [0.3, 0.4) is 0 Å². The van der Waals surface area contributed by atoms with Crippen LogP contribution in [0.1, 0.15) is 29.5 Å². The Labute approximate surface area is 133 Å². The number of ether oxygens (including phenoxy) is 1. The number of benzene rings is 1. The van der Waals surface area contributed by atoms with E-state index in [4.69, 9.17) is 16.3 Å². The fourth-order valence-corrected chi connectivity index (χ4v) is 3.23. The summed E-state index contributed by atoms with van der Waals surface area (Å²) in [5.74, 6) is 0.979. The van der Waals surface area contributed by atoms with Crippen molar-refractivity contribution in [2.75, 3.05) is 39.8 Å². The van der Waals surface area contributed by atoms with Gasteiger partial charge in [-0.25, -0.2) is 0 Å². The molecule has 1 aliphatic rings. The number of halogens is 1. The average Bonchev–Trinajstić information content (AvgIpc) is 2.75. The van der Waals surface area contributed by atoms with E-state index in [2.05, 4.69) is 23.2 Å². The molecule has 1 aliphatic heterocycles. The molecule has 0 saturated carbocycles. The van der Waals surface area contributed by atoms with Crippen LogP contribution in [0.5, 0.6) is 5.75 Å². The third-order valence-electron chi connectivity index (χ3n) is 4.33. The second kappa shape index (κ2) is 8.02. The number of nitrogens with one attached hydrogen (secondary N) is 1. The first-order valence-corrected chi connectivity index (χ1v) is 8.27. The van der Waals surface area contributed by atoms with Gasteiger partial charge in [0.15, 0.2) is 0 Å². The molecule has 1 N–H and O–H groups in total. The van der Waals surface area contributed by atoms with E-state index in [-0.39, 0.29) is 0 Å². The average molecular weight is 311 g/mol. The predicted octanol–water partition coefficient (Wildman–Crippen LogP) is 3.19. The SMILES string of the molecule is COc1cc(C)c(Cl)c(C)c1CCCN1CCCNCC1. The molecular weight excluding hydrogens is 284 g/mol. The van der Waals surface area contributed by atoms with E-state index in [1.807, 2.05) is 6.92 Å². The highest BCUT2D eigenvalue weighted by Gasteiger charge is 2.14. The molecule has 0 spiro atoms. The standard InChI is InChI=1S/C17H27ClN2O/c1-13-12-16(21-3)15(14(2)17(13)18)6-4-9-20-10-5-7-19-8-11-20/h12,19H,4-11H2,1-3H3. The third kappa shape index (κ3) is 4.35. The van der Waals surface area contributed by atoms with Crippen molar-refractivity contribution >= 4 is 11.6 Å². The Balaban J connectivity index is 1.97. The zero-order chi connectivity index (χ0) is 15.2. The molecule has 1 heterocycles. The van der Waals surface area contributed by atoms with Gasteiger partial charge in [0.1, 0.15) is 5.75 Å². The first-order chi connectivity index (χ1) is 10.1. The highest BCUT2D eigenvalue weighted by Crippen LogP contribution is 2.32. The molecule has 1 fully saturated rings. The van der Waals surface area contributed by atoms with Gasteiger partial charge in [-0.15, -0.1) is 0 Å². The Morgan fingerprint density at radius 1 is 1.29 bits per heavy atom. The zero-order valence-corrected chi connectivity index (χ0v) is 14.2. The summed E-state index contributed by atoms with van der Waals surface area (Å²) in [6, 6.07) is 2.06. The minimum atomic E-state index is 0.879. The van der Waals surface area contributed by atoms with Crippen LogP contribution in [0.15, 0.2) is 6.07 Å². The maximum atomic E-state index is 6.39. The van der Waals surface area contributed by atoms with Gasteiger partial charge in [0.05, 0.1) is 7.11 Å². The van der Waals surface area contributed by atoms with Gasteiger partial charge in [-0.1, -0.05) is 11.6 Å². The Hall–Kier alpha value is -0.770. The van der Waals surface area contributed by atoms with Crippen LogP contribution in [0.2, 0.25) is 5.02 Å². The van der Waals surface area contributed by atoms with Crippen molar-refractivity contribution in [2.45, 2.75) is 33.1 Å². The second-order valence-corrected chi connectivity index (χ2v) is 6.24. The highest BCUT2D eigenvalue weighted by molar-refractivity contribution is 6.32. The van der Waals surface area contributed by atoms with Crippen molar-refractivity contribution < 1.29 is 4.74 Å². The Bertz CT molecular complexity index is 468. The van der Waals surface area contributed by atoms with Crippen LogP contribution >= 0.6 is 11.6 Å². The second-order valence-electron chi connectivity index (χ2n) is 5.86. The summed E-state index contributed by atoms with van der Waals surface area (Å²) < 4.78 is 5.54. The fraction of sp³-hybridized carbons (Fsp3) is 0.647. The third-order valence-corrected chi connectivity index (χ3v) is 4.91. The number of methoxy groups -OCH3 is 1. The zero-order valence-electron chi connectivity index (χ0n) is 13.5. The molecule has 1 aromatic rings. The molecule has 0 bridgehead atoms. The Morgan fingerprint density at radius 2 is 2.10 bits per heavy atom. The van der Waals surface area contributed by atoms with Gasteiger partial charge in [0.25, 0.3) is 0 Å². The van der Waals surface area contributed by atoms with E-state index < -0.39 is 0 Å². The lowest BCUT2D eigenvalue weighted by Crippen LogP contribution is -2.29. The summed E-state index contributed by atoms with van der Waals surface area (Å²) in [5, 5.41) is 4.33. The van der Waals surface area contributed by atoms with Gasteiger partial charge in [-0.05, 0) is 75.5 Å². The molecule has 1 aromatic carbocycles. The quantitative estimate of drug-likeness (QED) is 0.904. The van der Waals surface area contributed by atoms with Crippen LogP contribution in [0.4, 0.5) is 0 Å². The van der Waals surface area contributed by atoms with Crippen molar-refractivity contribution in [3.05, 3.63) is 27.8 Å². The van der Waals surface area contributed by atoms with Gasteiger partial charge in [0, 0.05) is 18.1 Å². The normalized spacial score (nSPS) is 16.8. The van der Waals surface area contributed by atoms with Gasteiger partial charge < -0.3 is 15.0 Å². The van der Waals surface area contributed by atoms with E-state index in [0.717, 1.165) is 55.4 Å². The number of nitrogens with zero attached hydrogens (tertiary/aromatic N) is 1. The van der Waals surface area contributed by atoms with Crippen LogP contribution in [-0.2, 0) is 6.42 Å². The van der Waals surface area contributed by atoms with E-state index in [9.17, 15) is 0 Å². The molecule has 21 heavy (non-hydrogen) atoms. The largest absolute Gasteiger partial charge is 0.496 e. The van der Waals surface area contributed by atoms with Crippen molar-refractivity contribution in [3.8, 4) is 5.75 Å². The van der Waals surface area contributed by atoms with Crippen molar-refractivity contribution in [3.63, 3.8) is 0 Å². The Morgan fingerprint density at radius 3 is 2.86 bits per heavy atom. The predicted molar refractivity (Wildman–Crippen MR) is 89.7 cm³/mol. The maximum Gasteiger partial charge on any atom is 0.122 e. The van der Waals surface area contributed by atoms with Crippen molar-refractivity contribution in [1.29, 1.82) is 0 Å². The minimum absolute atomic E-state index is 0.879. The lowest BCUT2D eigenvalue weighted by atomic mass is 9.99. The molecule has 0 atom stereocenters. The molecule has 0 unspecified atom stereocenters. The lowest BCUT2D eigenvalue weighted by molar-refractivity contribution is 0.288. The molecule has 2 rings (SSSR count). The summed E-state index contributed by atoms with van der Waals surface area (Å²) in [7, 11) is 1.74. The number of hydrogen-bond acceptors (Lipinski definition) is 3. The molecular formula is C17H27ClN2O. The molecule has 0 aromatic heterocycles. The first kappa shape index (κ1) is 16.6. The van der Waals surface area contributed by atoms with Gasteiger partial charge in [-0.3, -0.25) is 0 Å². The summed E-state index contributed by atoms with van der Waals surface area (Å²) in [5.41, 5.74) is 3.53. The van der Waals surface area contributed by atoms with Crippen LogP contribution in [0, 0.1) is 13.8 Å². The molecule has 0 radical (unpaired) electrons. The smallest absolute Gasteiger partial charge is 0.122 e. The first-order valence-electron chi connectivity index (χ1n) is 7.89. The number of rotatable bonds is 5. The van der Waals surface area contributed by atoms with Crippen molar-refractivity contribution in [2.24, 2.45) is 0 Å². The summed E-state index contributed by atoms with van der Waals surface area (Å²) >= 11 is 6.39. The van der Waals surface area contributed by atoms with Gasteiger partial charge >= 0.3 is 0 Å². The summed E-state index contributed by atoms with van der Waals surface area (Å²) in [4.78, 5) is 2.55. The number of hydrogen-bond donors (Lipinski definition) is 1.